The molecule has 0 amide bonds. The predicted molar refractivity (Wildman–Crippen MR) is 75.8 cm³/mol. The van der Waals surface area contributed by atoms with E-state index in [9.17, 15) is 0 Å². The van der Waals surface area contributed by atoms with Gasteiger partial charge in [0.15, 0.2) is 0 Å². The number of thioether (sulfide) groups is 1. The van der Waals surface area contributed by atoms with E-state index in [2.05, 4.69) is 84.5 Å². The van der Waals surface area contributed by atoms with Crippen LogP contribution in [-0.2, 0) is 0 Å². The lowest BCUT2D eigenvalue weighted by atomic mass is 10.4. The number of rotatable bonds is 1. The Morgan fingerprint density at radius 3 is 2.33 bits per heavy atom. The van der Waals surface area contributed by atoms with Crippen molar-refractivity contribution in [2.24, 2.45) is 0 Å². The number of amidine groups is 1. The molecule has 0 aromatic heterocycles. The minimum Gasteiger partial charge on any atom is -0.261 e. The topological polar surface area (TPSA) is 6.25 Å². The van der Waals surface area contributed by atoms with E-state index in [0.717, 1.165) is 0 Å². The van der Waals surface area contributed by atoms with Crippen molar-refractivity contribution in [3.63, 3.8) is 0 Å². The van der Waals surface area contributed by atoms with Gasteiger partial charge >= 0.3 is 5.17 Å². The summed E-state index contributed by atoms with van der Waals surface area (Å²) < 4.78 is 3.43. The SMILES string of the molecule is CN(C)C(Sc1ccccc1I)=[N+](C)C. The standard InChI is InChI=1S/C11H16IN2S/c1-13(2)11(14(3)4)15-10-8-6-5-7-9(10)12/h5-8H,1-4H3/q+1. The molecule has 82 valence electrons. The van der Waals surface area contributed by atoms with E-state index in [1.54, 1.807) is 11.8 Å². The van der Waals surface area contributed by atoms with Crippen LogP contribution in [0, 0.1) is 3.57 Å². The van der Waals surface area contributed by atoms with Crippen LogP contribution >= 0.6 is 34.4 Å². The van der Waals surface area contributed by atoms with Crippen LogP contribution in [0.4, 0.5) is 0 Å². The van der Waals surface area contributed by atoms with Crippen LogP contribution in [0.5, 0.6) is 0 Å². The van der Waals surface area contributed by atoms with E-state index < -0.39 is 0 Å². The van der Waals surface area contributed by atoms with E-state index in [1.165, 1.54) is 13.6 Å². The van der Waals surface area contributed by atoms with Crippen LogP contribution in [0.2, 0.25) is 0 Å². The Morgan fingerprint density at radius 2 is 1.87 bits per heavy atom. The Kier molecular flexibility index (Phi) is 4.92. The van der Waals surface area contributed by atoms with Gasteiger partial charge < -0.3 is 0 Å². The molecule has 0 N–H and O–H groups in total. The van der Waals surface area contributed by atoms with Crippen molar-refractivity contribution in [3.8, 4) is 0 Å². The lowest BCUT2D eigenvalue weighted by molar-refractivity contribution is -0.466. The minimum atomic E-state index is 1.24. The summed E-state index contributed by atoms with van der Waals surface area (Å²) in [6, 6.07) is 8.43. The fraction of sp³-hybridized carbons (Fsp3) is 0.364. The van der Waals surface area contributed by atoms with Gasteiger partial charge in [-0.1, -0.05) is 12.1 Å². The minimum absolute atomic E-state index is 1.24. The van der Waals surface area contributed by atoms with E-state index >= 15 is 0 Å². The molecule has 1 aromatic carbocycles. The third-order valence-electron chi connectivity index (χ3n) is 1.80. The van der Waals surface area contributed by atoms with Gasteiger partial charge in [0.25, 0.3) is 0 Å². The fourth-order valence-electron chi connectivity index (χ4n) is 1.21. The van der Waals surface area contributed by atoms with Crippen molar-refractivity contribution >= 4 is 39.5 Å². The molecule has 0 saturated heterocycles. The fourth-order valence-corrected chi connectivity index (χ4v) is 2.80. The van der Waals surface area contributed by atoms with Crippen LogP contribution in [0.1, 0.15) is 0 Å². The van der Waals surface area contributed by atoms with E-state index in [-0.39, 0.29) is 0 Å². The molecule has 0 saturated carbocycles. The first-order valence-electron chi connectivity index (χ1n) is 4.66. The number of hydrogen-bond donors (Lipinski definition) is 0. The van der Waals surface area contributed by atoms with Crippen molar-refractivity contribution in [1.29, 1.82) is 0 Å². The van der Waals surface area contributed by atoms with Gasteiger partial charge in [-0.05, 0) is 46.5 Å². The zero-order valence-corrected chi connectivity index (χ0v) is 12.5. The van der Waals surface area contributed by atoms with Gasteiger partial charge in [0.05, 0.1) is 28.2 Å². The molecule has 0 bridgehead atoms. The maximum absolute atomic E-state index is 2.37. The third kappa shape index (κ3) is 3.68. The maximum atomic E-state index is 2.37. The average Bonchev–Trinajstić information content (AvgIpc) is 2.15. The second-order valence-corrected chi connectivity index (χ2v) is 5.78. The molecule has 0 aliphatic heterocycles. The van der Waals surface area contributed by atoms with Crippen LogP contribution < -0.4 is 0 Å². The van der Waals surface area contributed by atoms with Gasteiger partial charge in [0, 0.05) is 8.47 Å². The van der Waals surface area contributed by atoms with Crippen molar-refractivity contribution in [1.82, 2.24) is 4.90 Å². The van der Waals surface area contributed by atoms with Gasteiger partial charge in [-0.2, -0.15) is 0 Å². The van der Waals surface area contributed by atoms with Gasteiger partial charge in [-0.25, -0.2) is 0 Å². The highest BCUT2D eigenvalue weighted by atomic mass is 127. The summed E-state index contributed by atoms with van der Waals surface area (Å²) in [4.78, 5) is 3.43. The van der Waals surface area contributed by atoms with Crippen molar-refractivity contribution < 1.29 is 4.58 Å². The second-order valence-electron chi connectivity index (χ2n) is 3.60. The summed E-state index contributed by atoms with van der Waals surface area (Å²) in [6.07, 6.45) is 0. The molecule has 2 nitrogen and oxygen atoms in total. The second kappa shape index (κ2) is 5.75. The Hall–Kier alpha value is -0.230. The highest BCUT2D eigenvalue weighted by Gasteiger charge is 2.14. The molecule has 1 aromatic rings. The van der Waals surface area contributed by atoms with Crippen molar-refractivity contribution in [2.45, 2.75) is 4.90 Å². The molecule has 0 aliphatic carbocycles. The first-order chi connectivity index (χ1) is 7.02. The van der Waals surface area contributed by atoms with Crippen LogP contribution in [0.15, 0.2) is 29.2 Å². The molecule has 4 heteroatoms. The molecule has 0 unspecified atom stereocenters. The number of hydrogen-bond acceptors (Lipinski definition) is 1. The first-order valence-corrected chi connectivity index (χ1v) is 6.56. The first kappa shape index (κ1) is 12.8. The molecular weight excluding hydrogens is 319 g/mol. The Balaban J connectivity index is 2.95. The molecule has 0 atom stereocenters. The van der Waals surface area contributed by atoms with Crippen LogP contribution in [0.25, 0.3) is 0 Å². The predicted octanol–water partition coefficient (Wildman–Crippen LogP) is 2.57. The van der Waals surface area contributed by atoms with E-state index in [4.69, 9.17) is 0 Å². The molecule has 0 heterocycles. The van der Waals surface area contributed by atoms with Gasteiger partial charge in [-0.3, -0.25) is 9.48 Å². The van der Waals surface area contributed by atoms with E-state index in [1.807, 2.05) is 0 Å². The summed E-state index contributed by atoms with van der Waals surface area (Å²) in [5.74, 6) is 0. The Labute approximate surface area is 110 Å². The van der Waals surface area contributed by atoms with E-state index in [0.29, 0.717) is 0 Å². The Bertz CT molecular complexity index is 371. The van der Waals surface area contributed by atoms with Gasteiger partial charge in [0.1, 0.15) is 0 Å². The largest absolute Gasteiger partial charge is 0.312 e. The number of nitrogens with zero attached hydrogens (tertiary/aromatic N) is 2. The molecule has 0 spiro atoms. The lowest BCUT2D eigenvalue weighted by Crippen LogP contribution is -2.26. The van der Waals surface area contributed by atoms with Crippen LogP contribution in [-0.4, -0.2) is 42.8 Å². The summed E-state index contributed by atoms with van der Waals surface area (Å²) >= 11 is 4.16. The number of benzene rings is 1. The average molecular weight is 335 g/mol. The zero-order chi connectivity index (χ0) is 11.4. The highest BCUT2D eigenvalue weighted by molar-refractivity contribution is 14.1. The molecule has 0 aliphatic rings. The normalized spacial score (nSPS) is 9.93. The molecule has 0 radical (unpaired) electrons. The number of halogens is 1. The lowest BCUT2D eigenvalue weighted by Gasteiger charge is -2.11. The zero-order valence-electron chi connectivity index (χ0n) is 9.49. The van der Waals surface area contributed by atoms with Crippen molar-refractivity contribution in [3.05, 3.63) is 27.8 Å². The van der Waals surface area contributed by atoms with Gasteiger partial charge in [-0.15, -0.1) is 0 Å². The van der Waals surface area contributed by atoms with Crippen LogP contribution in [0.3, 0.4) is 0 Å². The summed E-state index contributed by atoms with van der Waals surface area (Å²) in [5.41, 5.74) is 0. The third-order valence-corrected chi connectivity index (χ3v) is 4.60. The molecule has 15 heavy (non-hydrogen) atoms. The summed E-state index contributed by atoms with van der Waals surface area (Å²) in [7, 11) is 8.27. The molecule has 0 fully saturated rings. The summed E-state index contributed by atoms with van der Waals surface area (Å²) in [6.45, 7) is 0. The molecular formula is C11H16IN2S+. The summed E-state index contributed by atoms with van der Waals surface area (Å²) in [5, 5.41) is 1.24. The maximum Gasteiger partial charge on any atom is 0.312 e. The van der Waals surface area contributed by atoms with Crippen molar-refractivity contribution in [2.75, 3.05) is 28.2 Å². The van der Waals surface area contributed by atoms with Gasteiger partial charge in [0.2, 0.25) is 0 Å². The molecule has 1 rings (SSSR count). The smallest absolute Gasteiger partial charge is 0.261 e. The quantitative estimate of drug-likeness (QED) is 0.256. The Morgan fingerprint density at radius 1 is 1.27 bits per heavy atom. The highest BCUT2D eigenvalue weighted by Crippen LogP contribution is 2.25. The monoisotopic (exact) mass is 335 g/mol.